The highest BCUT2D eigenvalue weighted by atomic mass is 16.5. The van der Waals surface area contributed by atoms with E-state index in [4.69, 9.17) is 0 Å². The quantitative estimate of drug-likeness (QED) is 0.817. The number of hydrogen-bond donors (Lipinski definition) is 1. The number of ether oxygens (including phenoxy) is 1. The van der Waals surface area contributed by atoms with Crippen LogP contribution in [0, 0.1) is 0 Å². The number of rotatable bonds is 5. The van der Waals surface area contributed by atoms with Gasteiger partial charge in [0.2, 0.25) is 6.29 Å². The molecular weight excluding hydrogens is 206 g/mol. The molecule has 0 aliphatic rings. The Balaban J connectivity index is 2.49. The average Bonchev–Trinajstić information content (AvgIpc) is 2.30. The van der Waals surface area contributed by atoms with Gasteiger partial charge < -0.3 is 10.1 Å². The summed E-state index contributed by atoms with van der Waals surface area (Å²) in [4.78, 5) is 21.7. The summed E-state index contributed by atoms with van der Waals surface area (Å²) in [6, 6.07) is 8.75. The van der Waals surface area contributed by atoms with Crippen LogP contribution in [0.5, 0.6) is 0 Å². The van der Waals surface area contributed by atoms with E-state index in [0.717, 1.165) is 5.56 Å². The summed E-state index contributed by atoms with van der Waals surface area (Å²) >= 11 is 0. The fourth-order valence-corrected chi connectivity index (χ4v) is 1.29. The first-order chi connectivity index (χ1) is 7.76. The lowest BCUT2D eigenvalue weighted by atomic mass is 10.1. The highest BCUT2D eigenvalue weighted by Crippen LogP contribution is 2.02. The molecule has 0 aliphatic carbocycles. The first-order valence-electron chi connectivity index (χ1n) is 5.11. The van der Waals surface area contributed by atoms with Gasteiger partial charge in [-0.2, -0.15) is 0 Å². The van der Waals surface area contributed by atoms with E-state index in [1.54, 1.807) is 13.2 Å². The number of alkyl carbamates (subject to hydrolysis) is 1. The second-order valence-electron chi connectivity index (χ2n) is 3.22. The number of benzene rings is 1. The molecule has 0 spiro atoms. The Morgan fingerprint density at radius 3 is 2.69 bits per heavy atom. The molecule has 4 heteroatoms. The number of carbonyl (C=O) groups excluding carboxylic acids is 2. The van der Waals surface area contributed by atoms with Gasteiger partial charge in [-0.15, -0.1) is 0 Å². The first-order valence-corrected chi connectivity index (χ1v) is 5.11. The zero-order valence-corrected chi connectivity index (χ0v) is 9.10. The zero-order chi connectivity index (χ0) is 11.8. The molecule has 1 atom stereocenters. The second-order valence-corrected chi connectivity index (χ2v) is 3.22. The maximum Gasteiger partial charge on any atom is 0.407 e. The Bertz CT molecular complexity index is 337. The minimum Gasteiger partial charge on any atom is -0.450 e. The molecule has 85 valence electrons. The van der Waals surface area contributed by atoms with Gasteiger partial charge in [0, 0.05) is 6.42 Å². The highest BCUT2D eigenvalue weighted by Gasteiger charge is 2.13. The van der Waals surface area contributed by atoms with Crippen molar-refractivity contribution >= 4 is 12.4 Å². The van der Waals surface area contributed by atoms with Crippen LogP contribution in [-0.4, -0.2) is 25.0 Å². The molecule has 1 aromatic rings. The molecule has 0 fully saturated rings. The van der Waals surface area contributed by atoms with Crippen LogP contribution in [0.15, 0.2) is 30.3 Å². The van der Waals surface area contributed by atoms with Crippen molar-refractivity contribution in [2.24, 2.45) is 0 Å². The van der Waals surface area contributed by atoms with E-state index in [-0.39, 0.29) is 6.61 Å². The van der Waals surface area contributed by atoms with Gasteiger partial charge in [0.25, 0.3) is 0 Å². The van der Waals surface area contributed by atoms with E-state index in [2.05, 4.69) is 10.1 Å². The molecule has 4 nitrogen and oxygen atoms in total. The summed E-state index contributed by atoms with van der Waals surface area (Å²) in [6.45, 7) is 1.99. The van der Waals surface area contributed by atoms with Gasteiger partial charge in [0.1, 0.15) is 6.04 Å². The van der Waals surface area contributed by atoms with Crippen LogP contribution >= 0.6 is 0 Å². The predicted octanol–water partition coefficient (Wildman–Crippen LogP) is 1.45. The lowest BCUT2D eigenvalue weighted by Crippen LogP contribution is -2.37. The van der Waals surface area contributed by atoms with Gasteiger partial charge >= 0.3 is 6.09 Å². The minimum atomic E-state index is -0.665. The van der Waals surface area contributed by atoms with E-state index in [1.807, 2.05) is 30.3 Å². The van der Waals surface area contributed by atoms with Crippen LogP contribution in [0.25, 0.3) is 0 Å². The van der Waals surface area contributed by atoms with Crippen LogP contribution in [0.3, 0.4) is 0 Å². The van der Waals surface area contributed by atoms with Crippen molar-refractivity contribution in [3.63, 3.8) is 0 Å². The number of nitrogens with one attached hydrogen (secondary N) is 1. The SMILES string of the molecule is CCOC(=O)N[C@@H]([C]=O)Cc1ccccc1. The molecule has 0 heterocycles. The van der Waals surface area contributed by atoms with E-state index < -0.39 is 12.1 Å². The summed E-state index contributed by atoms with van der Waals surface area (Å²) in [7, 11) is 0. The Morgan fingerprint density at radius 1 is 1.44 bits per heavy atom. The minimum absolute atomic E-state index is 0.281. The predicted molar refractivity (Wildman–Crippen MR) is 59.8 cm³/mol. The third kappa shape index (κ3) is 4.13. The molecule has 0 aliphatic heterocycles. The monoisotopic (exact) mass is 220 g/mol. The van der Waals surface area contributed by atoms with Crippen molar-refractivity contribution in [1.82, 2.24) is 5.32 Å². The standard InChI is InChI=1S/C12H14NO3/c1-2-16-12(15)13-11(9-14)8-10-6-4-3-5-7-10/h3-7,11H,2,8H2,1H3,(H,13,15)/t11-/m1/s1. The Labute approximate surface area is 94.6 Å². The molecule has 0 saturated carbocycles. The van der Waals surface area contributed by atoms with Crippen molar-refractivity contribution in [2.45, 2.75) is 19.4 Å². The molecule has 0 saturated heterocycles. The number of carbonyl (C=O) groups is 1. The van der Waals surface area contributed by atoms with Gasteiger partial charge in [-0.1, -0.05) is 30.3 Å². The second kappa shape index (κ2) is 6.61. The molecule has 1 radical (unpaired) electrons. The number of amides is 1. The van der Waals surface area contributed by atoms with Gasteiger partial charge in [0.15, 0.2) is 0 Å². The lowest BCUT2D eigenvalue weighted by molar-refractivity contribution is 0.150. The number of hydrogen-bond acceptors (Lipinski definition) is 3. The van der Waals surface area contributed by atoms with E-state index >= 15 is 0 Å². The third-order valence-corrected chi connectivity index (χ3v) is 1.99. The molecule has 1 amide bonds. The summed E-state index contributed by atoms with van der Waals surface area (Å²) < 4.78 is 4.68. The van der Waals surface area contributed by atoms with Crippen molar-refractivity contribution in [3.8, 4) is 0 Å². The fraction of sp³-hybridized carbons (Fsp3) is 0.333. The zero-order valence-electron chi connectivity index (χ0n) is 9.10. The van der Waals surface area contributed by atoms with Gasteiger partial charge in [0.05, 0.1) is 6.61 Å². The van der Waals surface area contributed by atoms with Crippen LogP contribution in [0.1, 0.15) is 12.5 Å². The van der Waals surface area contributed by atoms with E-state index in [9.17, 15) is 9.59 Å². The molecular formula is C12H14NO3. The van der Waals surface area contributed by atoms with Crippen molar-refractivity contribution < 1.29 is 14.3 Å². The smallest absolute Gasteiger partial charge is 0.407 e. The topological polar surface area (TPSA) is 55.4 Å². The van der Waals surface area contributed by atoms with E-state index in [0.29, 0.717) is 6.42 Å². The van der Waals surface area contributed by atoms with Gasteiger partial charge in [-0.3, -0.25) is 4.79 Å². The van der Waals surface area contributed by atoms with Gasteiger partial charge in [-0.25, -0.2) is 4.79 Å². The molecule has 1 N–H and O–H groups in total. The van der Waals surface area contributed by atoms with Crippen LogP contribution in [0.4, 0.5) is 4.79 Å². The van der Waals surface area contributed by atoms with Crippen molar-refractivity contribution in [2.75, 3.05) is 6.61 Å². The molecule has 1 aromatic carbocycles. The van der Waals surface area contributed by atoms with Crippen molar-refractivity contribution in [3.05, 3.63) is 35.9 Å². The van der Waals surface area contributed by atoms with Crippen LogP contribution in [0.2, 0.25) is 0 Å². The molecule has 16 heavy (non-hydrogen) atoms. The molecule has 1 rings (SSSR count). The lowest BCUT2D eigenvalue weighted by Gasteiger charge is -2.11. The maximum absolute atomic E-state index is 11.1. The largest absolute Gasteiger partial charge is 0.450 e. The molecule has 0 aromatic heterocycles. The summed E-state index contributed by atoms with van der Waals surface area (Å²) in [5.74, 6) is 0. The Morgan fingerprint density at radius 2 is 2.12 bits per heavy atom. The van der Waals surface area contributed by atoms with Gasteiger partial charge in [-0.05, 0) is 12.5 Å². The molecule has 0 bridgehead atoms. The van der Waals surface area contributed by atoms with Crippen LogP contribution in [-0.2, 0) is 16.0 Å². The summed E-state index contributed by atoms with van der Waals surface area (Å²) in [6.07, 6.45) is 1.61. The molecule has 0 unspecified atom stereocenters. The third-order valence-electron chi connectivity index (χ3n) is 1.99. The Kier molecular flexibility index (Phi) is 5.05. The first kappa shape index (κ1) is 12.2. The Hall–Kier alpha value is -1.84. The summed E-state index contributed by atoms with van der Waals surface area (Å²) in [5.41, 5.74) is 0.965. The highest BCUT2D eigenvalue weighted by molar-refractivity contribution is 5.73. The van der Waals surface area contributed by atoms with E-state index in [1.165, 1.54) is 0 Å². The fourth-order valence-electron chi connectivity index (χ4n) is 1.29. The maximum atomic E-state index is 11.1. The average molecular weight is 220 g/mol. The summed E-state index contributed by atoms with van der Waals surface area (Å²) in [5, 5.41) is 2.43. The normalized spacial score (nSPS) is 11.6. The van der Waals surface area contributed by atoms with Crippen molar-refractivity contribution in [1.29, 1.82) is 0 Å². The van der Waals surface area contributed by atoms with Crippen LogP contribution < -0.4 is 5.32 Å².